The van der Waals surface area contributed by atoms with E-state index in [1.165, 1.54) is 12.0 Å². The number of aliphatic hydroxyl groups is 1. The molecule has 0 aromatic heterocycles. The molecule has 1 N–H and O–H groups in total. The zero-order valence-electron chi connectivity index (χ0n) is 11.3. The first-order chi connectivity index (χ1) is 8.19. The molecule has 0 aliphatic carbocycles. The van der Waals surface area contributed by atoms with Crippen LogP contribution in [0.3, 0.4) is 0 Å². The molecule has 0 amide bonds. The highest BCUT2D eigenvalue weighted by atomic mass is 16.3. The molecule has 0 saturated carbocycles. The Hall–Kier alpha value is -0.860. The van der Waals surface area contributed by atoms with E-state index < -0.39 is 0 Å². The third-order valence-electron chi connectivity index (χ3n) is 3.33. The van der Waals surface area contributed by atoms with Crippen molar-refractivity contribution in [3.63, 3.8) is 0 Å². The number of rotatable bonds is 7. The fourth-order valence-corrected chi connectivity index (χ4v) is 1.88. The summed E-state index contributed by atoms with van der Waals surface area (Å²) in [6, 6.07) is 8.24. The molecule has 1 atom stereocenters. The molecule has 1 unspecified atom stereocenters. The van der Waals surface area contributed by atoms with Crippen molar-refractivity contribution >= 4 is 0 Å². The minimum Gasteiger partial charge on any atom is -0.392 e. The van der Waals surface area contributed by atoms with Crippen LogP contribution in [-0.4, -0.2) is 23.1 Å². The van der Waals surface area contributed by atoms with Crippen LogP contribution in [0, 0.1) is 5.92 Å². The molecule has 96 valence electrons. The van der Waals surface area contributed by atoms with Crippen LogP contribution in [0.4, 0.5) is 0 Å². The van der Waals surface area contributed by atoms with Crippen molar-refractivity contribution in [1.82, 2.24) is 4.90 Å². The summed E-state index contributed by atoms with van der Waals surface area (Å²) in [7, 11) is 0. The van der Waals surface area contributed by atoms with E-state index in [9.17, 15) is 0 Å². The Morgan fingerprint density at radius 2 is 1.71 bits per heavy atom. The highest BCUT2D eigenvalue weighted by molar-refractivity contribution is 5.21. The first-order valence-corrected chi connectivity index (χ1v) is 6.60. The highest BCUT2D eigenvalue weighted by Gasteiger charge is 2.07. The molecule has 0 saturated heterocycles. The minimum absolute atomic E-state index is 0.130. The average Bonchev–Trinajstić information content (AvgIpc) is 2.38. The molecule has 2 nitrogen and oxygen atoms in total. The lowest BCUT2D eigenvalue weighted by molar-refractivity contribution is 0.238. The Morgan fingerprint density at radius 1 is 1.12 bits per heavy atom. The minimum atomic E-state index is 0.130. The highest BCUT2D eigenvalue weighted by Crippen LogP contribution is 2.10. The normalized spacial score (nSPS) is 13.0. The van der Waals surface area contributed by atoms with Gasteiger partial charge >= 0.3 is 0 Å². The van der Waals surface area contributed by atoms with Crippen molar-refractivity contribution in [2.75, 3.05) is 13.1 Å². The van der Waals surface area contributed by atoms with E-state index in [4.69, 9.17) is 5.11 Å². The zero-order chi connectivity index (χ0) is 12.7. The number of nitrogens with zero attached hydrogens (tertiary/aromatic N) is 1. The van der Waals surface area contributed by atoms with Gasteiger partial charge in [-0.2, -0.15) is 0 Å². The topological polar surface area (TPSA) is 23.5 Å². The van der Waals surface area contributed by atoms with Gasteiger partial charge in [0, 0.05) is 13.1 Å². The predicted molar refractivity (Wildman–Crippen MR) is 72.8 cm³/mol. The van der Waals surface area contributed by atoms with E-state index in [1.54, 1.807) is 0 Å². The third kappa shape index (κ3) is 4.88. The van der Waals surface area contributed by atoms with Crippen molar-refractivity contribution in [2.24, 2.45) is 5.92 Å². The molecule has 1 aromatic rings. The van der Waals surface area contributed by atoms with E-state index in [-0.39, 0.29) is 6.61 Å². The SMILES string of the molecule is CCC(C)CN(CC)Cc1ccc(CO)cc1. The standard InChI is InChI=1S/C15H25NO/c1-4-13(3)10-16(5-2)11-14-6-8-15(12-17)9-7-14/h6-9,13,17H,4-5,10-12H2,1-3H3. The van der Waals surface area contributed by atoms with Gasteiger partial charge in [-0.05, 0) is 23.6 Å². The van der Waals surface area contributed by atoms with E-state index >= 15 is 0 Å². The van der Waals surface area contributed by atoms with Crippen LogP contribution in [0.25, 0.3) is 0 Å². The van der Waals surface area contributed by atoms with Crippen molar-refractivity contribution in [3.8, 4) is 0 Å². The molecular weight excluding hydrogens is 210 g/mol. The molecule has 0 fully saturated rings. The van der Waals surface area contributed by atoms with E-state index in [0.717, 1.165) is 31.1 Å². The van der Waals surface area contributed by atoms with Crippen LogP contribution in [0.5, 0.6) is 0 Å². The lowest BCUT2D eigenvalue weighted by Crippen LogP contribution is -2.27. The van der Waals surface area contributed by atoms with Crippen LogP contribution in [0.15, 0.2) is 24.3 Å². The van der Waals surface area contributed by atoms with Crippen molar-refractivity contribution in [3.05, 3.63) is 35.4 Å². The second-order valence-electron chi connectivity index (χ2n) is 4.82. The van der Waals surface area contributed by atoms with Gasteiger partial charge in [-0.1, -0.05) is 51.5 Å². The molecule has 2 heteroatoms. The van der Waals surface area contributed by atoms with Gasteiger partial charge in [0.2, 0.25) is 0 Å². The van der Waals surface area contributed by atoms with Gasteiger partial charge in [0.05, 0.1) is 6.61 Å². The Balaban J connectivity index is 2.54. The van der Waals surface area contributed by atoms with Crippen molar-refractivity contribution in [1.29, 1.82) is 0 Å². The Labute approximate surface area is 105 Å². The molecule has 0 spiro atoms. The summed E-state index contributed by atoms with van der Waals surface area (Å²) in [5, 5.41) is 9.00. The molecule has 0 aliphatic heterocycles. The fourth-order valence-electron chi connectivity index (χ4n) is 1.88. The number of benzene rings is 1. The van der Waals surface area contributed by atoms with Gasteiger partial charge in [-0.3, -0.25) is 4.90 Å². The molecule has 17 heavy (non-hydrogen) atoms. The third-order valence-corrected chi connectivity index (χ3v) is 3.33. The summed E-state index contributed by atoms with van der Waals surface area (Å²) in [5.41, 5.74) is 2.31. The fraction of sp³-hybridized carbons (Fsp3) is 0.600. The van der Waals surface area contributed by atoms with Gasteiger partial charge in [-0.15, -0.1) is 0 Å². The molecule has 0 radical (unpaired) electrons. The average molecular weight is 235 g/mol. The van der Waals surface area contributed by atoms with Crippen molar-refractivity contribution < 1.29 is 5.11 Å². The first kappa shape index (κ1) is 14.2. The molecular formula is C15H25NO. The Bertz CT molecular complexity index is 307. The molecule has 1 aromatic carbocycles. The summed E-state index contributed by atoms with van der Waals surface area (Å²) < 4.78 is 0. The van der Waals surface area contributed by atoms with Gasteiger partial charge in [0.25, 0.3) is 0 Å². The van der Waals surface area contributed by atoms with Gasteiger partial charge in [-0.25, -0.2) is 0 Å². The predicted octanol–water partition coefficient (Wildman–Crippen LogP) is 3.05. The second-order valence-corrected chi connectivity index (χ2v) is 4.82. The summed E-state index contributed by atoms with van der Waals surface area (Å²) >= 11 is 0. The molecule has 0 heterocycles. The van der Waals surface area contributed by atoms with Gasteiger partial charge in [0.15, 0.2) is 0 Å². The lowest BCUT2D eigenvalue weighted by atomic mass is 10.1. The van der Waals surface area contributed by atoms with Crippen LogP contribution < -0.4 is 0 Å². The van der Waals surface area contributed by atoms with E-state index in [1.807, 2.05) is 12.1 Å². The van der Waals surface area contributed by atoms with E-state index in [2.05, 4.69) is 37.8 Å². The maximum atomic E-state index is 9.00. The van der Waals surface area contributed by atoms with E-state index in [0.29, 0.717) is 0 Å². The summed E-state index contributed by atoms with van der Waals surface area (Å²) in [4.78, 5) is 2.47. The van der Waals surface area contributed by atoms with Crippen LogP contribution in [-0.2, 0) is 13.2 Å². The van der Waals surface area contributed by atoms with Crippen LogP contribution in [0.1, 0.15) is 38.3 Å². The van der Waals surface area contributed by atoms with Crippen molar-refractivity contribution in [2.45, 2.75) is 40.3 Å². The molecule has 0 aliphatic rings. The molecule has 1 rings (SSSR count). The summed E-state index contributed by atoms with van der Waals surface area (Å²) in [6.45, 7) is 10.1. The smallest absolute Gasteiger partial charge is 0.0681 e. The van der Waals surface area contributed by atoms with Crippen LogP contribution in [0.2, 0.25) is 0 Å². The van der Waals surface area contributed by atoms with Crippen LogP contribution >= 0.6 is 0 Å². The van der Waals surface area contributed by atoms with Gasteiger partial charge in [0.1, 0.15) is 0 Å². The molecule has 0 bridgehead atoms. The maximum Gasteiger partial charge on any atom is 0.0681 e. The summed E-state index contributed by atoms with van der Waals surface area (Å²) in [6.07, 6.45) is 1.24. The summed E-state index contributed by atoms with van der Waals surface area (Å²) in [5.74, 6) is 0.756. The number of hydrogen-bond acceptors (Lipinski definition) is 2. The lowest BCUT2D eigenvalue weighted by Gasteiger charge is -2.23. The maximum absolute atomic E-state index is 9.00. The second kappa shape index (κ2) is 7.46. The number of hydrogen-bond donors (Lipinski definition) is 1. The largest absolute Gasteiger partial charge is 0.392 e. The Morgan fingerprint density at radius 3 is 2.18 bits per heavy atom. The zero-order valence-corrected chi connectivity index (χ0v) is 11.3. The monoisotopic (exact) mass is 235 g/mol. The van der Waals surface area contributed by atoms with Gasteiger partial charge < -0.3 is 5.11 Å². The number of aliphatic hydroxyl groups excluding tert-OH is 1. The Kier molecular flexibility index (Phi) is 6.23. The first-order valence-electron chi connectivity index (χ1n) is 6.60. The quantitative estimate of drug-likeness (QED) is 0.785.